The molecule has 6 rings (SSSR count). The van der Waals surface area contributed by atoms with Crippen molar-refractivity contribution < 1.29 is 29.3 Å². The van der Waals surface area contributed by atoms with Crippen LogP contribution in [0.4, 0.5) is 11.5 Å². The summed E-state index contributed by atoms with van der Waals surface area (Å²) in [5.74, 6) is 7.15. The Labute approximate surface area is 298 Å². The summed E-state index contributed by atoms with van der Waals surface area (Å²) in [6.45, 7) is 4.36. The van der Waals surface area contributed by atoms with E-state index in [4.69, 9.17) is 26.8 Å². The molecule has 1 aromatic heterocycles. The van der Waals surface area contributed by atoms with Crippen LogP contribution in [0.15, 0.2) is 87.5 Å². The molecule has 0 bridgehead atoms. The Morgan fingerprint density at radius 3 is 2.62 bits per heavy atom. The monoisotopic (exact) mass is 714 g/mol. The molecule has 2 atom stereocenters. The lowest BCUT2D eigenvalue weighted by Gasteiger charge is -2.41. The molecule has 4 heterocycles. The first-order valence-electron chi connectivity index (χ1n) is 15.8. The lowest BCUT2D eigenvalue weighted by molar-refractivity contribution is -0.112. The van der Waals surface area contributed by atoms with Crippen molar-refractivity contribution in [1.82, 2.24) is 14.9 Å². The summed E-state index contributed by atoms with van der Waals surface area (Å²) < 4.78 is 11.0. The highest BCUT2D eigenvalue weighted by Gasteiger charge is 2.47. The van der Waals surface area contributed by atoms with Gasteiger partial charge in [0.25, 0.3) is 5.91 Å². The molecule has 0 radical (unpaired) electrons. The van der Waals surface area contributed by atoms with Crippen LogP contribution < -0.4 is 20.7 Å². The number of nitrogens with two attached hydrogens (primary N) is 1. The van der Waals surface area contributed by atoms with E-state index in [1.165, 1.54) is 49.2 Å². The van der Waals surface area contributed by atoms with Crippen LogP contribution in [-0.4, -0.2) is 82.9 Å². The molecule has 5 N–H and O–H groups in total. The first-order valence-corrected chi connectivity index (χ1v) is 17.0. The predicted molar refractivity (Wildman–Crippen MR) is 190 cm³/mol. The molecule has 3 aliphatic rings. The van der Waals surface area contributed by atoms with Crippen molar-refractivity contribution >= 4 is 46.7 Å². The number of hydrogen-bond donors (Lipinski definition) is 4. The number of ether oxygens (including phenoxy) is 2. The number of methoxy groups -OCH3 is 1. The summed E-state index contributed by atoms with van der Waals surface area (Å²) in [4.78, 5) is 38.9. The van der Waals surface area contributed by atoms with Crippen molar-refractivity contribution in [1.29, 1.82) is 0 Å². The summed E-state index contributed by atoms with van der Waals surface area (Å²) >= 11 is 8.02. The number of hydrogen-bond acceptors (Lipinski definition) is 12. The summed E-state index contributed by atoms with van der Waals surface area (Å²) in [5, 5.41) is 24.6. The van der Waals surface area contributed by atoms with Crippen LogP contribution in [0.1, 0.15) is 25.3 Å². The zero-order valence-corrected chi connectivity index (χ0v) is 29.1. The van der Waals surface area contributed by atoms with E-state index in [0.29, 0.717) is 27.8 Å². The van der Waals surface area contributed by atoms with E-state index in [1.807, 2.05) is 6.92 Å². The lowest BCUT2D eigenvalue weighted by Crippen LogP contribution is -2.50. The Morgan fingerprint density at radius 2 is 1.96 bits per heavy atom. The van der Waals surface area contributed by atoms with E-state index >= 15 is 0 Å². The third kappa shape index (κ3) is 7.03. The molecule has 50 heavy (non-hydrogen) atoms. The molecule has 3 aromatic rings. The van der Waals surface area contributed by atoms with Gasteiger partial charge in [0.05, 0.1) is 48.5 Å². The molecular formula is C36H35ClN6O6S. The van der Waals surface area contributed by atoms with Crippen LogP contribution in [0.25, 0.3) is 0 Å². The minimum absolute atomic E-state index is 0.0137. The third-order valence-corrected chi connectivity index (χ3v) is 10.7. The molecule has 14 heteroatoms. The quantitative estimate of drug-likeness (QED) is 0.206. The number of halogens is 1. The predicted octanol–water partition coefficient (Wildman–Crippen LogP) is 4.68. The molecule has 2 aromatic carbocycles. The fourth-order valence-electron chi connectivity index (χ4n) is 6.25. The molecule has 0 saturated carbocycles. The molecule has 1 spiro atoms. The number of rotatable bonds is 6. The number of nitrogens with one attached hydrogen (secondary N) is 1. The van der Waals surface area contributed by atoms with Crippen LogP contribution in [0.3, 0.4) is 0 Å². The highest BCUT2D eigenvalue weighted by atomic mass is 35.5. The molecule has 2 saturated heterocycles. The highest BCUT2D eigenvalue weighted by molar-refractivity contribution is 7.99. The van der Waals surface area contributed by atoms with Crippen LogP contribution in [0.2, 0.25) is 5.02 Å². The van der Waals surface area contributed by atoms with Crippen molar-refractivity contribution in [2.75, 3.05) is 44.1 Å². The Balaban J connectivity index is 1.16. The minimum Gasteiger partial charge on any atom is -0.508 e. The summed E-state index contributed by atoms with van der Waals surface area (Å²) in [6, 6.07) is 9.58. The Hall–Kier alpha value is -4.96. The maximum atomic E-state index is 13.6. The standard InChI is InChI=1S/C36H35ClN6O6S/c1-21-34(38)36(20-49-21)9-11-43(12-10-36)29-16-40-30(17-39-29)50-28-6-4-5-26(32(28)37)41-35(47)31-27(19-44)42(2)18-23(33(31)46)8-7-22-13-24(45)15-25(14-22)48-3/h4-6,13-18,21,34,45-46H,9-12,20,38H2,1-3H3,(H,41,47)/t21-,34+/m0/s1. The van der Waals surface area contributed by atoms with E-state index in [2.05, 4.69) is 32.0 Å². The molecule has 1 amide bonds. The van der Waals surface area contributed by atoms with Crippen molar-refractivity contribution in [3.05, 3.63) is 88.2 Å². The van der Waals surface area contributed by atoms with Gasteiger partial charge in [-0.15, -0.1) is 0 Å². The number of phenols is 1. The number of nitrogens with zero attached hydrogens (tertiary/aromatic N) is 4. The number of carbonyl (C=O) groups excluding carboxylic acids is 2. The highest BCUT2D eigenvalue weighted by Crippen LogP contribution is 2.42. The third-order valence-electron chi connectivity index (χ3n) is 9.17. The number of aromatic nitrogens is 2. The van der Waals surface area contributed by atoms with Crippen LogP contribution in [0.5, 0.6) is 11.5 Å². The van der Waals surface area contributed by atoms with Gasteiger partial charge in [-0.05, 0) is 44.0 Å². The molecule has 0 unspecified atom stereocenters. The number of amides is 1. The number of anilines is 2. The van der Waals surface area contributed by atoms with Gasteiger partial charge in [-0.1, -0.05) is 41.3 Å². The van der Waals surface area contributed by atoms with E-state index in [0.717, 1.165) is 31.7 Å². The molecule has 3 aliphatic heterocycles. The largest absolute Gasteiger partial charge is 0.508 e. The van der Waals surface area contributed by atoms with Crippen molar-refractivity contribution in [2.45, 2.75) is 41.8 Å². The van der Waals surface area contributed by atoms with E-state index in [9.17, 15) is 19.8 Å². The minimum atomic E-state index is -0.796. The Bertz CT molecular complexity index is 1990. The number of phenolic OH excluding ortho intramolecular Hbond substituents is 1. The van der Waals surface area contributed by atoms with Crippen molar-refractivity contribution in [2.24, 2.45) is 11.1 Å². The van der Waals surface area contributed by atoms with Gasteiger partial charge in [0, 0.05) is 54.3 Å². The van der Waals surface area contributed by atoms with Crippen LogP contribution >= 0.6 is 23.4 Å². The van der Waals surface area contributed by atoms with Crippen LogP contribution in [-0.2, 0) is 14.3 Å². The normalized spacial score (nSPS) is 19.9. The fraction of sp³-hybridized carbons (Fsp3) is 0.306. The first kappa shape index (κ1) is 34.9. The Morgan fingerprint density at radius 1 is 1.18 bits per heavy atom. The molecule has 258 valence electrons. The summed E-state index contributed by atoms with van der Waals surface area (Å²) in [5.41, 5.74) is 6.66. The number of aromatic hydroxyl groups is 1. The van der Waals surface area contributed by atoms with Gasteiger partial charge in [-0.25, -0.2) is 14.8 Å². The number of allylic oxidation sites excluding steroid dienone is 1. The van der Waals surface area contributed by atoms with Gasteiger partial charge >= 0.3 is 0 Å². The smallest absolute Gasteiger partial charge is 0.262 e. The van der Waals surface area contributed by atoms with Gasteiger partial charge in [0.15, 0.2) is 5.94 Å². The van der Waals surface area contributed by atoms with E-state index in [1.54, 1.807) is 42.6 Å². The summed E-state index contributed by atoms with van der Waals surface area (Å²) in [6.07, 6.45) is 6.75. The number of benzene rings is 2. The first-order chi connectivity index (χ1) is 24.0. The maximum Gasteiger partial charge on any atom is 0.262 e. The van der Waals surface area contributed by atoms with Gasteiger partial charge in [-0.3, -0.25) is 4.79 Å². The average molecular weight is 715 g/mol. The number of aliphatic hydroxyl groups is 1. The van der Waals surface area contributed by atoms with Crippen molar-refractivity contribution in [3.63, 3.8) is 0 Å². The van der Waals surface area contributed by atoms with Crippen molar-refractivity contribution in [3.8, 4) is 23.3 Å². The maximum absolute atomic E-state index is 13.6. The van der Waals surface area contributed by atoms with E-state index in [-0.39, 0.29) is 50.9 Å². The lowest BCUT2D eigenvalue weighted by atomic mass is 9.73. The zero-order chi connectivity index (χ0) is 35.6. The Kier molecular flexibility index (Phi) is 10.1. The summed E-state index contributed by atoms with van der Waals surface area (Å²) in [7, 11) is 2.98. The second kappa shape index (κ2) is 14.5. The molecular weight excluding hydrogens is 680 g/mol. The number of piperidine rings is 1. The second-order valence-electron chi connectivity index (χ2n) is 12.3. The zero-order valence-electron chi connectivity index (χ0n) is 27.6. The van der Waals surface area contributed by atoms with E-state index < -0.39 is 11.7 Å². The van der Waals surface area contributed by atoms with Gasteiger partial charge in [-0.2, -0.15) is 0 Å². The number of likely N-dealkylation sites (N-methyl/N-ethyl adjacent to an activating group) is 1. The van der Waals surface area contributed by atoms with Crippen LogP contribution in [0, 0.1) is 17.3 Å². The topological polar surface area (TPSA) is 163 Å². The SMILES string of the molecule is COc1cc(O)cc(C#CC2=CN(C)C(=C=O)C(C(=O)Nc3cccc(Sc4cnc(N5CCC6(CC5)CO[C@@H](C)[C@H]6N)cn4)c3Cl)=C2O)c1. The number of carbonyl (C=O) groups is 1. The average Bonchev–Trinajstić information content (AvgIpc) is 3.38. The molecule has 0 aliphatic carbocycles. The molecule has 12 nitrogen and oxygen atoms in total. The fourth-order valence-corrected chi connectivity index (χ4v) is 7.32. The van der Waals surface area contributed by atoms with Gasteiger partial charge in [0.2, 0.25) is 0 Å². The van der Waals surface area contributed by atoms with Gasteiger partial charge < -0.3 is 40.5 Å². The van der Waals surface area contributed by atoms with Gasteiger partial charge in [0.1, 0.15) is 39.4 Å². The second-order valence-corrected chi connectivity index (χ2v) is 13.7. The number of aliphatic hydroxyl groups excluding tert-OH is 1. The molecule has 2 fully saturated rings.